The van der Waals surface area contributed by atoms with Crippen molar-refractivity contribution in [2.75, 3.05) is 6.61 Å². The summed E-state index contributed by atoms with van der Waals surface area (Å²) in [5.41, 5.74) is 1.39. The molecule has 2 aromatic heterocycles. The largest absolute Gasteiger partial charge is 0.477 e. The minimum atomic E-state index is -0.212. The van der Waals surface area contributed by atoms with Crippen molar-refractivity contribution in [3.63, 3.8) is 0 Å². The standard InChI is InChI=1S/C16H15N3O2S/c1-2-21-16-11(6-5-9-17-16)15(20)18-10-14-19-12-7-3-4-8-13(12)22-14/h3-9H,2,10H2,1H3,(H,18,20). The van der Waals surface area contributed by atoms with Crippen LogP contribution in [0.3, 0.4) is 0 Å². The van der Waals surface area contributed by atoms with Gasteiger partial charge in [0.15, 0.2) is 0 Å². The summed E-state index contributed by atoms with van der Waals surface area (Å²) in [5, 5.41) is 3.74. The molecule has 0 aliphatic rings. The molecule has 0 aliphatic carbocycles. The smallest absolute Gasteiger partial charge is 0.257 e. The number of carbonyl (C=O) groups excluding carboxylic acids is 1. The summed E-state index contributed by atoms with van der Waals surface area (Å²) >= 11 is 1.58. The number of fused-ring (bicyclic) bond motifs is 1. The molecule has 3 aromatic rings. The highest BCUT2D eigenvalue weighted by Crippen LogP contribution is 2.21. The van der Waals surface area contributed by atoms with Gasteiger partial charge in [-0.2, -0.15) is 0 Å². The Morgan fingerprint density at radius 1 is 1.27 bits per heavy atom. The highest BCUT2D eigenvalue weighted by atomic mass is 32.1. The van der Waals surface area contributed by atoms with Crippen molar-refractivity contribution in [1.29, 1.82) is 0 Å². The first-order valence-corrected chi connectivity index (χ1v) is 7.80. The monoisotopic (exact) mass is 313 g/mol. The lowest BCUT2D eigenvalue weighted by atomic mass is 10.2. The van der Waals surface area contributed by atoms with Crippen molar-refractivity contribution >= 4 is 27.5 Å². The zero-order valence-corrected chi connectivity index (χ0v) is 12.9. The SMILES string of the molecule is CCOc1ncccc1C(=O)NCc1nc2ccccc2s1. The van der Waals surface area contributed by atoms with Crippen molar-refractivity contribution in [1.82, 2.24) is 15.3 Å². The Kier molecular flexibility index (Phi) is 4.29. The van der Waals surface area contributed by atoms with Crippen LogP contribution in [0.5, 0.6) is 5.88 Å². The van der Waals surface area contributed by atoms with Crippen LogP contribution in [0.4, 0.5) is 0 Å². The van der Waals surface area contributed by atoms with Gasteiger partial charge in [0.05, 0.1) is 23.4 Å². The van der Waals surface area contributed by atoms with Crippen molar-refractivity contribution in [2.24, 2.45) is 0 Å². The molecule has 1 aromatic carbocycles. The maximum Gasteiger partial charge on any atom is 0.257 e. The fourth-order valence-electron chi connectivity index (χ4n) is 2.06. The number of benzene rings is 1. The Balaban J connectivity index is 1.72. The Hall–Kier alpha value is -2.47. The Bertz CT molecular complexity index is 768. The summed E-state index contributed by atoms with van der Waals surface area (Å²) < 4.78 is 6.49. The van der Waals surface area contributed by atoms with E-state index in [1.165, 1.54) is 0 Å². The van der Waals surface area contributed by atoms with Gasteiger partial charge in [-0.1, -0.05) is 12.1 Å². The molecule has 5 nitrogen and oxygen atoms in total. The molecule has 0 aliphatic heterocycles. The number of aromatic nitrogens is 2. The molecule has 6 heteroatoms. The zero-order chi connectivity index (χ0) is 15.4. The van der Waals surface area contributed by atoms with Crippen molar-refractivity contribution in [3.8, 4) is 5.88 Å². The van der Waals surface area contributed by atoms with E-state index in [-0.39, 0.29) is 5.91 Å². The predicted molar refractivity (Wildman–Crippen MR) is 86.2 cm³/mol. The van der Waals surface area contributed by atoms with E-state index in [1.807, 2.05) is 31.2 Å². The molecule has 0 saturated heterocycles. The molecule has 2 heterocycles. The number of hydrogen-bond acceptors (Lipinski definition) is 5. The Morgan fingerprint density at radius 3 is 2.95 bits per heavy atom. The second-order valence-corrected chi connectivity index (χ2v) is 5.66. The lowest BCUT2D eigenvalue weighted by molar-refractivity contribution is 0.0946. The molecule has 0 atom stereocenters. The number of thiazole rings is 1. The van der Waals surface area contributed by atoms with Crippen LogP contribution in [0.25, 0.3) is 10.2 Å². The van der Waals surface area contributed by atoms with E-state index in [4.69, 9.17) is 4.74 Å². The van der Waals surface area contributed by atoms with E-state index in [1.54, 1.807) is 29.7 Å². The average Bonchev–Trinajstić information content (AvgIpc) is 2.96. The topological polar surface area (TPSA) is 64.1 Å². The number of hydrogen-bond donors (Lipinski definition) is 1. The third kappa shape index (κ3) is 3.07. The minimum Gasteiger partial charge on any atom is -0.477 e. The molecule has 0 saturated carbocycles. The van der Waals surface area contributed by atoms with Gasteiger partial charge in [-0.15, -0.1) is 11.3 Å². The summed E-state index contributed by atoms with van der Waals surface area (Å²) in [4.78, 5) is 20.9. The lowest BCUT2D eigenvalue weighted by Gasteiger charge is -2.08. The Morgan fingerprint density at radius 2 is 2.14 bits per heavy atom. The minimum absolute atomic E-state index is 0.212. The quantitative estimate of drug-likeness (QED) is 0.786. The van der Waals surface area contributed by atoms with Gasteiger partial charge < -0.3 is 10.1 Å². The van der Waals surface area contributed by atoms with Crippen LogP contribution in [0.1, 0.15) is 22.3 Å². The molecule has 1 amide bonds. The van der Waals surface area contributed by atoms with Crippen LogP contribution in [-0.4, -0.2) is 22.5 Å². The molecule has 0 unspecified atom stereocenters. The summed E-state index contributed by atoms with van der Waals surface area (Å²) in [6.07, 6.45) is 1.61. The second kappa shape index (κ2) is 6.53. The van der Waals surface area contributed by atoms with E-state index < -0.39 is 0 Å². The summed E-state index contributed by atoms with van der Waals surface area (Å²) in [6.45, 7) is 2.71. The van der Waals surface area contributed by atoms with Gasteiger partial charge in [0.25, 0.3) is 5.91 Å². The predicted octanol–water partition coefficient (Wildman–Crippen LogP) is 3.02. The van der Waals surface area contributed by atoms with E-state index in [2.05, 4.69) is 15.3 Å². The fourth-order valence-corrected chi connectivity index (χ4v) is 2.97. The van der Waals surface area contributed by atoms with Crippen LogP contribution in [-0.2, 0) is 6.54 Å². The molecular formula is C16H15N3O2S. The van der Waals surface area contributed by atoms with Gasteiger partial charge in [-0.05, 0) is 31.2 Å². The Labute approximate surface area is 132 Å². The number of rotatable bonds is 5. The number of amides is 1. The fraction of sp³-hybridized carbons (Fsp3) is 0.188. The van der Waals surface area contributed by atoms with Gasteiger partial charge in [-0.25, -0.2) is 9.97 Å². The zero-order valence-electron chi connectivity index (χ0n) is 12.1. The number of nitrogens with zero attached hydrogens (tertiary/aromatic N) is 2. The third-order valence-electron chi connectivity index (χ3n) is 3.04. The van der Waals surface area contributed by atoms with Gasteiger partial charge in [0.2, 0.25) is 5.88 Å². The van der Waals surface area contributed by atoms with Crippen molar-refractivity contribution in [3.05, 3.63) is 53.2 Å². The highest BCUT2D eigenvalue weighted by molar-refractivity contribution is 7.18. The van der Waals surface area contributed by atoms with E-state index in [0.717, 1.165) is 15.2 Å². The normalized spacial score (nSPS) is 10.6. The van der Waals surface area contributed by atoms with Crippen molar-refractivity contribution < 1.29 is 9.53 Å². The highest BCUT2D eigenvalue weighted by Gasteiger charge is 2.13. The maximum atomic E-state index is 12.3. The van der Waals surface area contributed by atoms with Gasteiger partial charge >= 0.3 is 0 Å². The number of nitrogens with one attached hydrogen (secondary N) is 1. The molecule has 1 N–H and O–H groups in total. The molecule has 112 valence electrons. The van der Waals surface area contributed by atoms with E-state index in [0.29, 0.717) is 24.6 Å². The third-order valence-corrected chi connectivity index (χ3v) is 4.07. The molecule has 0 radical (unpaired) electrons. The summed E-state index contributed by atoms with van der Waals surface area (Å²) in [5.74, 6) is 0.141. The van der Waals surface area contributed by atoms with Crippen molar-refractivity contribution in [2.45, 2.75) is 13.5 Å². The van der Waals surface area contributed by atoms with E-state index >= 15 is 0 Å². The van der Waals surface area contributed by atoms with Crippen LogP contribution in [0.2, 0.25) is 0 Å². The molecule has 22 heavy (non-hydrogen) atoms. The first-order chi connectivity index (χ1) is 10.8. The number of pyridine rings is 1. The van der Waals surface area contributed by atoms with Crippen LogP contribution < -0.4 is 10.1 Å². The van der Waals surface area contributed by atoms with Crippen LogP contribution >= 0.6 is 11.3 Å². The summed E-state index contributed by atoms with van der Waals surface area (Å²) in [6, 6.07) is 11.3. The van der Waals surface area contributed by atoms with Gasteiger partial charge in [0, 0.05) is 6.20 Å². The first kappa shape index (κ1) is 14.5. The molecular weight excluding hydrogens is 298 g/mol. The van der Waals surface area contributed by atoms with Crippen LogP contribution in [0.15, 0.2) is 42.6 Å². The summed E-state index contributed by atoms with van der Waals surface area (Å²) in [7, 11) is 0. The number of carbonyl (C=O) groups is 1. The van der Waals surface area contributed by atoms with E-state index in [9.17, 15) is 4.79 Å². The molecule has 0 bridgehead atoms. The molecule has 0 fully saturated rings. The molecule has 0 spiro atoms. The number of para-hydroxylation sites is 1. The maximum absolute atomic E-state index is 12.3. The van der Waals surface area contributed by atoms with Crippen LogP contribution in [0, 0.1) is 0 Å². The number of ether oxygens (including phenoxy) is 1. The lowest BCUT2D eigenvalue weighted by Crippen LogP contribution is -2.23. The average molecular weight is 313 g/mol. The second-order valence-electron chi connectivity index (χ2n) is 4.55. The van der Waals surface area contributed by atoms with Gasteiger partial charge in [0.1, 0.15) is 10.6 Å². The first-order valence-electron chi connectivity index (χ1n) is 6.98. The molecule has 3 rings (SSSR count). The van der Waals surface area contributed by atoms with Gasteiger partial charge in [-0.3, -0.25) is 4.79 Å².